The van der Waals surface area contributed by atoms with Crippen LogP contribution in [0, 0.1) is 40.9 Å². The molecule has 27 heavy (non-hydrogen) atoms. The fraction of sp³-hybridized carbons (Fsp3) is 0.652. The SMILES string of the molecule is CC[C@]12CCC3C(C=CC4=C/C(=N/O)CC[C@@H]43)C1C1CC1[C@@]21C=CC(=O)O1. The summed E-state index contributed by atoms with van der Waals surface area (Å²) < 4.78 is 6.11. The summed E-state index contributed by atoms with van der Waals surface area (Å²) in [5.74, 6) is 3.61. The minimum absolute atomic E-state index is 0.113. The zero-order valence-electron chi connectivity index (χ0n) is 15.8. The van der Waals surface area contributed by atoms with Crippen LogP contribution in [0.3, 0.4) is 0 Å². The highest BCUT2D eigenvalue weighted by atomic mass is 16.6. The highest BCUT2D eigenvalue weighted by Crippen LogP contribution is 2.78. The molecule has 5 unspecified atom stereocenters. The minimum Gasteiger partial charge on any atom is -0.451 e. The van der Waals surface area contributed by atoms with Gasteiger partial charge in [0.1, 0.15) is 5.60 Å². The van der Waals surface area contributed by atoms with Gasteiger partial charge in [0.25, 0.3) is 0 Å². The van der Waals surface area contributed by atoms with Crippen molar-refractivity contribution in [1.82, 2.24) is 0 Å². The molecule has 1 aliphatic heterocycles. The van der Waals surface area contributed by atoms with Gasteiger partial charge in [-0.2, -0.15) is 0 Å². The van der Waals surface area contributed by atoms with E-state index in [2.05, 4.69) is 36.4 Å². The maximum absolute atomic E-state index is 12.1. The standard InChI is InChI=1S/C23H27NO3/c1-2-22-9-7-16-15-6-4-14(24-26)11-13(15)3-5-17(16)21(22)18-12-19(18)23(22)10-8-20(25)27-23/h3,5,8,10-11,15-19,21,26H,2,4,6-7,9,12H2,1H3/b24-14+/t15-,16?,17?,18?,19?,21?,22-,23-/m0/s1. The lowest BCUT2D eigenvalue weighted by Gasteiger charge is -2.56. The Morgan fingerprint density at radius 3 is 2.93 bits per heavy atom. The van der Waals surface area contributed by atoms with E-state index in [-0.39, 0.29) is 17.0 Å². The third kappa shape index (κ3) is 1.80. The van der Waals surface area contributed by atoms with Gasteiger partial charge in [-0.1, -0.05) is 24.2 Å². The molecule has 3 saturated carbocycles. The number of carbonyl (C=O) groups is 1. The Morgan fingerprint density at radius 2 is 2.19 bits per heavy atom. The largest absolute Gasteiger partial charge is 0.451 e. The first-order chi connectivity index (χ1) is 13.1. The number of esters is 1. The number of oxime groups is 1. The second kappa shape index (κ2) is 5.15. The van der Waals surface area contributed by atoms with Crippen LogP contribution in [0.1, 0.15) is 45.4 Å². The van der Waals surface area contributed by atoms with Crippen molar-refractivity contribution in [2.75, 3.05) is 0 Å². The normalized spacial score (nSPS) is 52.9. The van der Waals surface area contributed by atoms with E-state index in [1.165, 1.54) is 24.8 Å². The number of rotatable bonds is 1. The van der Waals surface area contributed by atoms with Gasteiger partial charge in [-0.05, 0) is 85.8 Å². The maximum atomic E-state index is 12.1. The summed E-state index contributed by atoms with van der Waals surface area (Å²) >= 11 is 0. The van der Waals surface area contributed by atoms with Crippen molar-refractivity contribution in [2.24, 2.45) is 46.1 Å². The van der Waals surface area contributed by atoms with Crippen LogP contribution in [0.25, 0.3) is 0 Å². The number of carbonyl (C=O) groups excluding carboxylic acids is 1. The molecule has 5 aliphatic carbocycles. The van der Waals surface area contributed by atoms with Gasteiger partial charge in [0.05, 0.1) is 5.71 Å². The summed E-state index contributed by atoms with van der Waals surface area (Å²) in [6, 6.07) is 0. The molecule has 6 aliphatic rings. The van der Waals surface area contributed by atoms with Crippen molar-refractivity contribution in [1.29, 1.82) is 0 Å². The van der Waals surface area contributed by atoms with Crippen molar-refractivity contribution in [2.45, 2.75) is 51.0 Å². The third-order valence-electron chi connectivity index (χ3n) is 9.10. The number of allylic oxidation sites excluding steroid dienone is 4. The molecular formula is C23H27NO3. The van der Waals surface area contributed by atoms with Crippen molar-refractivity contribution in [3.63, 3.8) is 0 Å². The molecule has 1 spiro atoms. The summed E-state index contributed by atoms with van der Waals surface area (Å²) in [6.45, 7) is 2.31. The third-order valence-corrected chi connectivity index (χ3v) is 9.10. The molecule has 4 heteroatoms. The van der Waals surface area contributed by atoms with E-state index in [9.17, 15) is 4.79 Å². The molecule has 6 rings (SSSR count). The molecule has 0 bridgehead atoms. The lowest BCUT2D eigenvalue weighted by atomic mass is 9.49. The second-order valence-electron chi connectivity index (χ2n) is 9.61. The van der Waals surface area contributed by atoms with Crippen molar-refractivity contribution < 1.29 is 14.7 Å². The fourth-order valence-corrected chi connectivity index (χ4v) is 8.13. The summed E-state index contributed by atoms with van der Waals surface area (Å²) in [7, 11) is 0. The van der Waals surface area contributed by atoms with Crippen LogP contribution in [0.2, 0.25) is 0 Å². The molecule has 3 fully saturated rings. The molecule has 0 aromatic heterocycles. The summed E-state index contributed by atoms with van der Waals surface area (Å²) in [6.07, 6.45) is 17.3. The summed E-state index contributed by atoms with van der Waals surface area (Å²) in [4.78, 5) is 12.1. The van der Waals surface area contributed by atoms with Crippen LogP contribution in [0.5, 0.6) is 0 Å². The van der Waals surface area contributed by atoms with E-state index >= 15 is 0 Å². The van der Waals surface area contributed by atoms with Crippen molar-refractivity contribution in [3.8, 4) is 0 Å². The van der Waals surface area contributed by atoms with Gasteiger partial charge in [-0.15, -0.1) is 0 Å². The van der Waals surface area contributed by atoms with Gasteiger partial charge >= 0.3 is 5.97 Å². The number of ether oxygens (including phenoxy) is 1. The molecular weight excluding hydrogens is 338 g/mol. The zero-order valence-corrected chi connectivity index (χ0v) is 15.8. The van der Waals surface area contributed by atoms with E-state index in [0.717, 1.165) is 25.0 Å². The molecule has 4 nitrogen and oxygen atoms in total. The van der Waals surface area contributed by atoms with Gasteiger partial charge in [-0.3, -0.25) is 0 Å². The van der Waals surface area contributed by atoms with Crippen LogP contribution < -0.4 is 0 Å². The van der Waals surface area contributed by atoms with Crippen LogP contribution in [-0.2, 0) is 9.53 Å². The highest BCUT2D eigenvalue weighted by Gasteiger charge is 2.78. The molecule has 8 atom stereocenters. The molecule has 142 valence electrons. The molecule has 0 saturated heterocycles. The van der Waals surface area contributed by atoms with E-state index < -0.39 is 0 Å². The van der Waals surface area contributed by atoms with Gasteiger partial charge in [0.15, 0.2) is 0 Å². The summed E-state index contributed by atoms with van der Waals surface area (Å²) in [5, 5.41) is 12.6. The Bertz CT molecular complexity index is 839. The Kier molecular flexibility index (Phi) is 3.08. The number of nitrogens with zero attached hydrogens (tertiary/aromatic N) is 1. The predicted octanol–water partition coefficient (Wildman–Crippen LogP) is 4.26. The topological polar surface area (TPSA) is 58.9 Å². The quantitative estimate of drug-likeness (QED) is 0.429. The molecule has 1 N–H and O–H groups in total. The predicted molar refractivity (Wildman–Crippen MR) is 101 cm³/mol. The van der Waals surface area contributed by atoms with Gasteiger partial charge < -0.3 is 9.94 Å². The van der Waals surface area contributed by atoms with Crippen LogP contribution in [-0.4, -0.2) is 22.5 Å². The van der Waals surface area contributed by atoms with E-state index in [4.69, 9.17) is 9.94 Å². The summed E-state index contributed by atoms with van der Waals surface area (Å²) in [5.41, 5.74) is 1.95. The lowest BCUT2D eigenvalue weighted by molar-refractivity contribution is -0.169. The fourth-order valence-electron chi connectivity index (χ4n) is 8.13. The first kappa shape index (κ1) is 16.1. The average molecular weight is 365 g/mol. The Morgan fingerprint density at radius 1 is 1.30 bits per heavy atom. The first-order valence-corrected chi connectivity index (χ1v) is 10.7. The Hall–Kier alpha value is -1.84. The number of hydrogen-bond donors (Lipinski definition) is 1. The van der Waals surface area contributed by atoms with Crippen LogP contribution in [0.4, 0.5) is 0 Å². The smallest absolute Gasteiger partial charge is 0.331 e. The van der Waals surface area contributed by atoms with Crippen molar-refractivity contribution in [3.05, 3.63) is 36.0 Å². The monoisotopic (exact) mass is 365 g/mol. The molecule has 0 radical (unpaired) electrons. The average Bonchev–Trinajstić information content (AvgIpc) is 3.34. The molecule has 1 heterocycles. The zero-order chi connectivity index (χ0) is 18.4. The maximum Gasteiger partial charge on any atom is 0.331 e. The van der Waals surface area contributed by atoms with E-state index in [1.54, 1.807) is 6.08 Å². The van der Waals surface area contributed by atoms with Gasteiger partial charge in [0.2, 0.25) is 0 Å². The van der Waals surface area contributed by atoms with E-state index in [0.29, 0.717) is 35.5 Å². The van der Waals surface area contributed by atoms with Crippen molar-refractivity contribution >= 4 is 11.7 Å². The number of hydrogen-bond acceptors (Lipinski definition) is 4. The van der Waals surface area contributed by atoms with Crippen LogP contribution in [0.15, 0.2) is 41.1 Å². The Labute approximate surface area is 160 Å². The second-order valence-corrected chi connectivity index (χ2v) is 9.61. The molecule has 0 amide bonds. The first-order valence-electron chi connectivity index (χ1n) is 10.7. The molecule has 0 aromatic rings. The minimum atomic E-state index is -0.327. The van der Waals surface area contributed by atoms with Gasteiger partial charge in [0, 0.05) is 17.4 Å². The van der Waals surface area contributed by atoms with E-state index in [1.807, 2.05) is 0 Å². The highest BCUT2D eigenvalue weighted by molar-refractivity contribution is 5.96. The van der Waals surface area contributed by atoms with Crippen LogP contribution >= 0.6 is 0 Å². The number of fused-ring (bicyclic) bond motifs is 9. The molecule has 0 aromatic carbocycles. The Balaban J connectivity index is 1.42. The van der Waals surface area contributed by atoms with Gasteiger partial charge in [-0.25, -0.2) is 4.79 Å². The lowest BCUT2D eigenvalue weighted by Crippen LogP contribution is -2.55.